The van der Waals surface area contributed by atoms with Crippen LogP contribution in [0.4, 0.5) is 5.69 Å². The second-order valence-corrected chi connectivity index (χ2v) is 7.10. The average molecular weight is 364 g/mol. The number of anilines is 1. The van der Waals surface area contributed by atoms with Crippen LogP contribution >= 0.6 is 0 Å². The maximum Gasteiger partial charge on any atom is 0.229 e. The van der Waals surface area contributed by atoms with Crippen LogP contribution in [0.3, 0.4) is 0 Å². The number of aryl methyl sites for hydroxylation is 2. The molecule has 1 saturated heterocycles. The van der Waals surface area contributed by atoms with E-state index in [1.165, 1.54) is 0 Å². The highest BCUT2D eigenvalue weighted by molar-refractivity contribution is 5.94. The van der Waals surface area contributed by atoms with Gasteiger partial charge in [0.05, 0.1) is 34.9 Å². The van der Waals surface area contributed by atoms with E-state index in [4.69, 9.17) is 0 Å². The Hall–Kier alpha value is -2.93. The molecule has 7 heteroatoms. The Bertz CT molecular complexity index is 958. The Morgan fingerprint density at radius 2 is 2.00 bits per heavy atom. The number of nitrogens with one attached hydrogen (secondary N) is 2. The van der Waals surface area contributed by atoms with E-state index < -0.39 is 0 Å². The minimum absolute atomic E-state index is 0.0210. The van der Waals surface area contributed by atoms with Crippen molar-refractivity contribution in [2.75, 3.05) is 18.4 Å². The topological polar surface area (TPSA) is 76.8 Å². The number of aromatic nitrogens is 4. The highest BCUT2D eigenvalue weighted by Crippen LogP contribution is 2.30. The van der Waals surface area contributed by atoms with Crippen molar-refractivity contribution in [2.24, 2.45) is 13.0 Å². The standard InChI is InChI=1S/C20H24N6O/c1-13-19(14(2)26(24-13)16-7-5-4-6-8-16)23-20(27)18-11-21-10-17(18)15-9-22-25(3)12-15/h4-9,12,17-18,21H,10-11H2,1-3H3,(H,23,27)/t17-,18+/m1/s1. The third kappa shape index (κ3) is 3.26. The molecule has 7 nitrogen and oxygen atoms in total. The first kappa shape index (κ1) is 17.5. The predicted octanol–water partition coefficient (Wildman–Crippen LogP) is 2.16. The van der Waals surface area contributed by atoms with E-state index in [2.05, 4.69) is 20.8 Å². The van der Waals surface area contributed by atoms with Gasteiger partial charge in [-0.25, -0.2) is 4.68 Å². The lowest BCUT2D eigenvalue weighted by molar-refractivity contribution is -0.119. The molecule has 2 aromatic heterocycles. The summed E-state index contributed by atoms with van der Waals surface area (Å²) in [6.45, 7) is 5.35. The van der Waals surface area contributed by atoms with E-state index >= 15 is 0 Å². The lowest BCUT2D eigenvalue weighted by Crippen LogP contribution is -2.28. The van der Waals surface area contributed by atoms with E-state index in [0.717, 1.165) is 34.9 Å². The first-order valence-electron chi connectivity index (χ1n) is 9.16. The second-order valence-electron chi connectivity index (χ2n) is 7.10. The molecule has 1 aromatic carbocycles. The smallest absolute Gasteiger partial charge is 0.229 e. The van der Waals surface area contributed by atoms with E-state index in [0.29, 0.717) is 6.54 Å². The molecule has 0 aliphatic carbocycles. The average Bonchev–Trinajstić information content (AvgIpc) is 3.37. The van der Waals surface area contributed by atoms with E-state index in [1.54, 1.807) is 4.68 Å². The minimum atomic E-state index is -0.131. The van der Waals surface area contributed by atoms with Crippen LogP contribution in [-0.2, 0) is 11.8 Å². The Morgan fingerprint density at radius 1 is 1.22 bits per heavy atom. The molecule has 2 N–H and O–H groups in total. The number of carbonyl (C=O) groups is 1. The van der Waals surface area contributed by atoms with E-state index in [-0.39, 0.29) is 17.7 Å². The SMILES string of the molecule is Cc1nn(-c2ccccc2)c(C)c1NC(=O)[C@H]1CNC[C@@H]1c1cnn(C)c1. The molecule has 4 rings (SSSR count). The van der Waals surface area contributed by atoms with Gasteiger partial charge >= 0.3 is 0 Å². The zero-order valence-corrected chi connectivity index (χ0v) is 15.8. The Kier molecular flexibility index (Phi) is 4.53. The van der Waals surface area contributed by atoms with Crippen LogP contribution in [0, 0.1) is 19.8 Å². The maximum atomic E-state index is 13.0. The van der Waals surface area contributed by atoms with Crippen molar-refractivity contribution in [1.82, 2.24) is 24.9 Å². The van der Waals surface area contributed by atoms with Gasteiger partial charge in [0.15, 0.2) is 0 Å². The number of nitrogens with zero attached hydrogens (tertiary/aromatic N) is 4. The summed E-state index contributed by atoms with van der Waals surface area (Å²) in [7, 11) is 1.89. The molecule has 0 unspecified atom stereocenters. The van der Waals surface area contributed by atoms with Crippen molar-refractivity contribution in [3.63, 3.8) is 0 Å². The van der Waals surface area contributed by atoms with Gasteiger partial charge in [0, 0.05) is 32.3 Å². The summed E-state index contributed by atoms with van der Waals surface area (Å²) in [5.41, 5.74) is 4.61. The van der Waals surface area contributed by atoms with Crippen molar-refractivity contribution >= 4 is 11.6 Å². The molecule has 0 spiro atoms. The zero-order chi connectivity index (χ0) is 19.0. The van der Waals surface area contributed by atoms with Crippen LogP contribution in [0.2, 0.25) is 0 Å². The molecule has 3 aromatic rings. The number of carbonyl (C=O) groups excluding carboxylic acids is 1. The third-order valence-corrected chi connectivity index (χ3v) is 5.24. The fourth-order valence-corrected chi connectivity index (χ4v) is 3.80. The van der Waals surface area contributed by atoms with Gasteiger partial charge in [-0.15, -0.1) is 0 Å². The van der Waals surface area contributed by atoms with Crippen LogP contribution in [0.1, 0.15) is 22.9 Å². The lowest BCUT2D eigenvalue weighted by atomic mass is 9.90. The quantitative estimate of drug-likeness (QED) is 0.744. The summed E-state index contributed by atoms with van der Waals surface area (Å²) >= 11 is 0. The molecule has 0 saturated carbocycles. The van der Waals surface area contributed by atoms with Gasteiger partial charge in [0.2, 0.25) is 5.91 Å². The summed E-state index contributed by atoms with van der Waals surface area (Å²) in [5.74, 6) is 0.0178. The molecule has 3 heterocycles. The molecular formula is C20H24N6O. The predicted molar refractivity (Wildman–Crippen MR) is 104 cm³/mol. The molecule has 1 fully saturated rings. The Labute approximate surface area is 158 Å². The van der Waals surface area contributed by atoms with Crippen LogP contribution in [0.15, 0.2) is 42.7 Å². The van der Waals surface area contributed by atoms with E-state index in [9.17, 15) is 4.79 Å². The number of amides is 1. The molecule has 1 aliphatic heterocycles. The number of rotatable bonds is 4. The van der Waals surface area contributed by atoms with Crippen molar-refractivity contribution in [3.8, 4) is 5.69 Å². The largest absolute Gasteiger partial charge is 0.323 e. The van der Waals surface area contributed by atoms with Crippen molar-refractivity contribution in [1.29, 1.82) is 0 Å². The van der Waals surface area contributed by atoms with Gasteiger partial charge in [-0.1, -0.05) is 18.2 Å². The molecular weight excluding hydrogens is 340 g/mol. The second kappa shape index (κ2) is 7.00. The number of hydrogen-bond acceptors (Lipinski definition) is 4. The van der Waals surface area contributed by atoms with Gasteiger partial charge in [-0.05, 0) is 31.5 Å². The molecule has 2 atom stereocenters. The number of hydrogen-bond donors (Lipinski definition) is 2. The van der Waals surface area contributed by atoms with E-state index in [1.807, 2.05) is 68.3 Å². The monoisotopic (exact) mass is 364 g/mol. The van der Waals surface area contributed by atoms with Crippen molar-refractivity contribution in [2.45, 2.75) is 19.8 Å². The Morgan fingerprint density at radius 3 is 2.70 bits per heavy atom. The fraction of sp³-hybridized carbons (Fsp3) is 0.350. The highest BCUT2D eigenvalue weighted by atomic mass is 16.2. The van der Waals surface area contributed by atoms with Gasteiger partial charge in [-0.2, -0.15) is 10.2 Å². The van der Waals surface area contributed by atoms with Gasteiger partial charge in [-0.3, -0.25) is 9.48 Å². The molecule has 0 bridgehead atoms. The first-order valence-corrected chi connectivity index (χ1v) is 9.16. The van der Waals surface area contributed by atoms with Gasteiger partial charge in [0.25, 0.3) is 0 Å². The molecule has 1 aliphatic rings. The normalized spacial score (nSPS) is 19.4. The van der Waals surface area contributed by atoms with Crippen LogP contribution in [0.5, 0.6) is 0 Å². The minimum Gasteiger partial charge on any atom is -0.323 e. The van der Waals surface area contributed by atoms with Gasteiger partial charge < -0.3 is 10.6 Å². The molecule has 140 valence electrons. The highest BCUT2D eigenvalue weighted by Gasteiger charge is 2.35. The van der Waals surface area contributed by atoms with Gasteiger partial charge in [0.1, 0.15) is 0 Å². The molecule has 1 amide bonds. The first-order chi connectivity index (χ1) is 13.0. The number of para-hydroxylation sites is 1. The zero-order valence-electron chi connectivity index (χ0n) is 15.8. The Balaban J connectivity index is 1.57. The third-order valence-electron chi connectivity index (χ3n) is 5.24. The maximum absolute atomic E-state index is 13.0. The summed E-state index contributed by atoms with van der Waals surface area (Å²) < 4.78 is 3.65. The van der Waals surface area contributed by atoms with Crippen LogP contribution in [0.25, 0.3) is 5.69 Å². The fourth-order valence-electron chi connectivity index (χ4n) is 3.80. The van der Waals surface area contributed by atoms with Crippen molar-refractivity contribution < 1.29 is 4.79 Å². The summed E-state index contributed by atoms with van der Waals surface area (Å²) in [5, 5.41) is 15.3. The lowest BCUT2D eigenvalue weighted by Gasteiger charge is -2.17. The summed E-state index contributed by atoms with van der Waals surface area (Å²) in [6.07, 6.45) is 3.84. The summed E-state index contributed by atoms with van der Waals surface area (Å²) in [4.78, 5) is 13.0. The molecule has 27 heavy (non-hydrogen) atoms. The van der Waals surface area contributed by atoms with Crippen LogP contribution < -0.4 is 10.6 Å². The number of benzene rings is 1. The van der Waals surface area contributed by atoms with Crippen molar-refractivity contribution in [3.05, 3.63) is 59.7 Å². The van der Waals surface area contributed by atoms with Crippen LogP contribution in [-0.4, -0.2) is 38.6 Å². The molecule has 0 radical (unpaired) electrons. The summed E-state index contributed by atoms with van der Waals surface area (Å²) in [6, 6.07) is 9.94.